The molecule has 1 N–H and O–H groups in total. The second kappa shape index (κ2) is 11.7. The van der Waals surface area contributed by atoms with Gasteiger partial charge in [-0.2, -0.15) is 0 Å². The SMILES string of the molecule is O=C(CCCCn1c(=O)c2ccccc2n(Cc2cccc([N+](=O)[O-])c2)c1=O)NCc1ccccc1Cl. The van der Waals surface area contributed by atoms with Crippen molar-refractivity contribution in [2.24, 2.45) is 0 Å². The molecule has 4 rings (SSSR count). The van der Waals surface area contributed by atoms with E-state index in [-0.39, 0.29) is 31.1 Å². The van der Waals surface area contributed by atoms with Crippen LogP contribution in [0.3, 0.4) is 0 Å². The average Bonchev–Trinajstić information content (AvgIpc) is 2.90. The van der Waals surface area contributed by atoms with Gasteiger partial charge in [-0.3, -0.25) is 28.8 Å². The third-order valence-electron chi connectivity index (χ3n) is 6.06. The monoisotopic (exact) mass is 520 g/mol. The zero-order valence-corrected chi connectivity index (χ0v) is 20.7. The molecule has 0 spiro atoms. The molecule has 1 heterocycles. The van der Waals surface area contributed by atoms with Crippen LogP contribution in [0.2, 0.25) is 5.02 Å². The van der Waals surface area contributed by atoms with Gasteiger partial charge in [0.25, 0.3) is 11.2 Å². The van der Waals surface area contributed by atoms with Crippen LogP contribution >= 0.6 is 11.6 Å². The highest BCUT2D eigenvalue weighted by molar-refractivity contribution is 6.31. The van der Waals surface area contributed by atoms with E-state index >= 15 is 0 Å². The number of halogens is 1. The fraction of sp³-hybridized carbons (Fsp3) is 0.222. The Morgan fingerprint density at radius 2 is 1.70 bits per heavy atom. The summed E-state index contributed by atoms with van der Waals surface area (Å²) in [5.74, 6) is -0.145. The molecule has 0 fully saturated rings. The Morgan fingerprint density at radius 3 is 2.49 bits per heavy atom. The lowest BCUT2D eigenvalue weighted by Crippen LogP contribution is -2.40. The van der Waals surface area contributed by atoms with E-state index in [4.69, 9.17) is 11.6 Å². The molecule has 0 saturated heterocycles. The first-order valence-corrected chi connectivity index (χ1v) is 12.2. The summed E-state index contributed by atoms with van der Waals surface area (Å²) < 4.78 is 2.62. The van der Waals surface area contributed by atoms with Gasteiger partial charge >= 0.3 is 5.69 Å². The molecule has 9 nitrogen and oxygen atoms in total. The standard InChI is InChI=1S/C27H25ClN4O5/c28-23-12-3-1-9-20(23)17-29-25(33)14-5-6-15-30-26(34)22-11-2-4-13-24(22)31(27(30)35)18-19-8-7-10-21(16-19)32(36)37/h1-4,7-13,16H,5-6,14-15,17-18H2,(H,29,33). The highest BCUT2D eigenvalue weighted by atomic mass is 35.5. The quantitative estimate of drug-likeness (QED) is 0.190. The second-order valence-electron chi connectivity index (χ2n) is 8.59. The summed E-state index contributed by atoms with van der Waals surface area (Å²) in [7, 11) is 0. The van der Waals surface area contributed by atoms with Gasteiger partial charge in [0.15, 0.2) is 0 Å². The highest BCUT2D eigenvalue weighted by Crippen LogP contribution is 2.16. The van der Waals surface area contributed by atoms with Gasteiger partial charge in [0, 0.05) is 36.7 Å². The van der Waals surface area contributed by atoms with Gasteiger partial charge in [-0.15, -0.1) is 0 Å². The summed E-state index contributed by atoms with van der Waals surface area (Å²) in [5.41, 5.74) is 0.874. The summed E-state index contributed by atoms with van der Waals surface area (Å²) in [6.45, 7) is 0.548. The Bertz CT molecular complexity index is 1580. The van der Waals surface area contributed by atoms with Crippen molar-refractivity contribution < 1.29 is 9.72 Å². The van der Waals surface area contributed by atoms with Crippen molar-refractivity contribution in [1.29, 1.82) is 0 Å². The maximum absolute atomic E-state index is 13.3. The van der Waals surface area contributed by atoms with Crippen molar-refractivity contribution >= 4 is 34.1 Å². The van der Waals surface area contributed by atoms with E-state index in [1.54, 1.807) is 42.5 Å². The van der Waals surface area contributed by atoms with Gasteiger partial charge < -0.3 is 5.32 Å². The summed E-state index contributed by atoms with van der Waals surface area (Å²) >= 11 is 6.11. The van der Waals surface area contributed by atoms with Crippen LogP contribution in [-0.2, 0) is 24.4 Å². The number of hydrogen-bond donors (Lipinski definition) is 1. The molecule has 0 bridgehead atoms. The predicted octanol–water partition coefficient (Wildman–Crippen LogP) is 4.26. The lowest BCUT2D eigenvalue weighted by atomic mass is 10.1. The topological polar surface area (TPSA) is 116 Å². The molecule has 0 unspecified atom stereocenters. The van der Waals surface area contributed by atoms with Gasteiger partial charge in [0.05, 0.1) is 22.4 Å². The van der Waals surface area contributed by atoms with Crippen LogP contribution in [0.4, 0.5) is 5.69 Å². The summed E-state index contributed by atoms with van der Waals surface area (Å²) in [4.78, 5) is 49.3. The first-order chi connectivity index (χ1) is 17.8. The molecule has 190 valence electrons. The average molecular weight is 521 g/mol. The Morgan fingerprint density at radius 1 is 0.946 bits per heavy atom. The molecule has 1 aromatic heterocycles. The minimum Gasteiger partial charge on any atom is -0.352 e. The minimum absolute atomic E-state index is 0.0732. The highest BCUT2D eigenvalue weighted by Gasteiger charge is 2.15. The van der Waals surface area contributed by atoms with E-state index in [2.05, 4.69) is 5.32 Å². The molecular formula is C27H25ClN4O5. The molecule has 1 amide bonds. The van der Waals surface area contributed by atoms with Crippen LogP contribution in [0, 0.1) is 10.1 Å². The third kappa shape index (κ3) is 6.13. The molecule has 0 radical (unpaired) electrons. The number of nitro benzene ring substituents is 1. The number of para-hydroxylation sites is 1. The lowest BCUT2D eigenvalue weighted by molar-refractivity contribution is -0.384. The molecular weight excluding hydrogens is 496 g/mol. The van der Waals surface area contributed by atoms with E-state index < -0.39 is 16.2 Å². The van der Waals surface area contributed by atoms with Crippen molar-refractivity contribution in [1.82, 2.24) is 14.5 Å². The van der Waals surface area contributed by atoms with Gasteiger partial charge in [0.1, 0.15) is 0 Å². The number of carbonyl (C=O) groups is 1. The van der Waals surface area contributed by atoms with Crippen molar-refractivity contribution in [2.75, 3.05) is 0 Å². The summed E-state index contributed by atoms with van der Waals surface area (Å²) in [6, 6.07) is 20.1. The molecule has 0 aliphatic rings. The predicted molar refractivity (Wildman–Crippen MR) is 142 cm³/mol. The lowest BCUT2D eigenvalue weighted by Gasteiger charge is -2.14. The molecule has 10 heteroatoms. The maximum Gasteiger partial charge on any atom is 0.331 e. The zero-order chi connectivity index (χ0) is 26.4. The normalized spacial score (nSPS) is 10.9. The van der Waals surface area contributed by atoms with Crippen LogP contribution < -0.4 is 16.6 Å². The Balaban J connectivity index is 1.47. The first-order valence-electron chi connectivity index (χ1n) is 11.8. The van der Waals surface area contributed by atoms with Crippen LogP contribution in [-0.4, -0.2) is 20.0 Å². The number of nitrogens with one attached hydrogen (secondary N) is 1. The number of nitrogens with zero attached hydrogens (tertiary/aromatic N) is 3. The molecule has 0 saturated carbocycles. The van der Waals surface area contributed by atoms with E-state index in [1.165, 1.54) is 21.3 Å². The van der Waals surface area contributed by atoms with Crippen LogP contribution in [0.5, 0.6) is 0 Å². The van der Waals surface area contributed by atoms with E-state index in [9.17, 15) is 24.5 Å². The minimum atomic E-state index is -0.502. The zero-order valence-electron chi connectivity index (χ0n) is 19.9. The van der Waals surface area contributed by atoms with Crippen molar-refractivity contribution in [2.45, 2.75) is 38.9 Å². The first kappa shape index (κ1) is 25.8. The van der Waals surface area contributed by atoms with E-state index in [0.717, 1.165) is 5.56 Å². The number of carbonyl (C=O) groups excluding carboxylic acids is 1. The van der Waals surface area contributed by atoms with Crippen molar-refractivity contribution in [3.05, 3.63) is 120 Å². The number of fused-ring (bicyclic) bond motifs is 1. The number of rotatable bonds is 10. The van der Waals surface area contributed by atoms with E-state index in [1.807, 2.05) is 18.2 Å². The van der Waals surface area contributed by atoms with Gasteiger partial charge in [-0.05, 0) is 42.2 Å². The maximum atomic E-state index is 13.3. The van der Waals surface area contributed by atoms with Crippen molar-refractivity contribution in [3.63, 3.8) is 0 Å². The molecule has 3 aromatic carbocycles. The second-order valence-corrected chi connectivity index (χ2v) is 9.00. The molecule has 0 atom stereocenters. The van der Waals surface area contributed by atoms with Gasteiger partial charge in [-0.1, -0.05) is 54.1 Å². The summed E-state index contributed by atoms with van der Waals surface area (Å²) in [6.07, 6.45) is 1.18. The van der Waals surface area contributed by atoms with Crippen LogP contribution in [0.25, 0.3) is 10.9 Å². The van der Waals surface area contributed by atoms with E-state index in [0.29, 0.717) is 40.9 Å². The molecule has 0 aliphatic heterocycles. The fourth-order valence-corrected chi connectivity index (χ4v) is 4.35. The van der Waals surface area contributed by atoms with Crippen molar-refractivity contribution in [3.8, 4) is 0 Å². The number of unbranched alkanes of at least 4 members (excludes halogenated alkanes) is 1. The molecule has 37 heavy (non-hydrogen) atoms. The number of non-ortho nitro benzene ring substituents is 1. The largest absolute Gasteiger partial charge is 0.352 e. The van der Waals surface area contributed by atoms with Crippen LogP contribution in [0.15, 0.2) is 82.4 Å². The fourth-order valence-electron chi connectivity index (χ4n) is 4.15. The van der Waals surface area contributed by atoms with Crippen LogP contribution in [0.1, 0.15) is 30.4 Å². The van der Waals surface area contributed by atoms with Gasteiger partial charge in [0.2, 0.25) is 5.91 Å². The number of benzene rings is 3. The third-order valence-corrected chi connectivity index (χ3v) is 6.43. The smallest absolute Gasteiger partial charge is 0.331 e. The molecule has 4 aromatic rings. The number of hydrogen-bond acceptors (Lipinski definition) is 5. The number of nitro groups is 1. The number of amides is 1. The summed E-state index contributed by atoms with van der Waals surface area (Å²) in [5, 5.41) is 15.0. The Hall–Kier alpha value is -4.24. The molecule has 0 aliphatic carbocycles. The number of aromatic nitrogens is 2. The Labute approximate surface area is 217 Å². The Kier molecular flexibility index (Phi) is 8.15. The van der Waals surface area contributed by atoms with Gasteiger partial charge in [-0.25, -0.2) is 4.79 Å².